The smallest absolute Gasteiger partial charge is 0.151 e. The van der Waals surface area contributed by atoms with Gasteiger partial charge in [-0.25, -0.2) is 4.98 Å². The maximum atomic E-state index is 10.2. The molecule has 3 N–H and O–H groups in total. The molecular weight excluding hydrogens is 262 g/mol. The Bertz CT molecular complexity index is 375. The number of rotatable bonds is 9. The molecule has 0 radical (unpaired) electrons. The summed E-state index contributed by atoms with van der Waals surface area (Å²) in [5.41, 5.74) is 0.277. The van der Waals surface area contributed by atoms with E-state index < -0.39 is 5.60 Å². The van der Waals surface area contributed by atoms with Crippen molar-refractivity contribution >= 4 is 11.6 Å². The van der Waals surface area contributed by atoms with Crippen LogP contribution in [0.3, 0.4) is 0 Å². The fourth-order valence-electron chi connectivity index (χ4n) is 1.94. The first-order valence-corrected chi connectivity index (χ1v) is 7.58. The van der Waals surface area contributed by atoms with E-state index in [-0.39, 0.29) is 0 Å². The van der Waals surface area contributed by atoms with E-state index in [2.05, 4.69) is 22.2 Å². The number of hydrogen-bond acceptors (Lipinski definition) is 3. The maximum absolute atomic E-state index is 10.2. The Hall–Kier alpha value is -0.580. The van der Waals surface area contributed by atoms with Crippen molar-refractivity contribution in [2.75, 3.05) is 6.54 Å². The molecule has 0 amide bonds. The lowest BCUT2D eigenvalue weighted by Gasteiger charge is -2.25. The number of halogens is 1. The predicted molar refractivity (Wildman–Crippen MR) is 79.4 cm³/mol. The molecule has 5 heteroatoms. The maximum Gasteiger partial charge on any atom is 0.151 e. The number of aliphatic hydroxyl groups is 1. The number of nitrogens with one attached hydrogen (secondary N) is 2. The summed E-state index contributed by atoms with van der Waals surface area (Å²) in [6, 6.07) is 0. The summed E-state index contributed by atoms with van der Waals surface area (Å²) in [6.45, 7) is 7.33. The van der Waals surface area contributed by atoms with Gasteiger partial charge in [-0.05, 0) is 19.3 Å². The summed E-state index contributed by atoms with van der Waals surface area (Å²) in [6.07, 6.45) is 4.68. The summed E-state index contributed by atoms with van der Waals surface area (Å²) in [7, 11) is 0. The zero-order valence-corrected chi connectivity index (χ0v) is 13.0. The number of imidazole rings is 1. The summed E-state index contributed by atoms with van der Waals surface area (Å²) < 4.78 is 0. The molecule has 0 aromatic carbocycles. The molecule has 0 bridgehead atoms. The van der Waals surface area contributed by atoms with Crippen LogP contribution in [0.25, 0.3) is 0 Å². The van der Waals surface area contributed by atoms with Crippen molar-refractivity contribution in [1.29, 1.82) is 0 Å². The molecule has 0 aliphatic rings. The lowest BCUT2D eigenvalue weighted by molar-refractivity contribution is 0.0322. The average Bonchev–Trinajstić information content (AvgIpc) is 2.77. The predicted octanol–water partition coefficient (Wildman–Crippen LogP) is 3.05. The van der Waals surface area contributed by atoms with E-state index in [0.29, 0.717) is 18.2 Å². The van der Waals surface area contributed by atoms with Gasteiger partial charge in [0.2, 0.25) is 0 Å². The van der Waals surface area contributed by atoms with E-state index in [1.165, 1.54) is 0 Å². The molecule has 0 fully saturated rings. The van der Waals surface area contributed by atoms with Crippen LogP contribution < -0.4 is 5.32 Å². The zero-order chi connectivity index (χ0) is 14.3. The lowest BCUT2D eigenvalue weighted by Crippen LogP contribution is -2.39. The molecule has 0 saturated heterocycles. The summed E-state index contributed by atoms with van der Waals surface area (Å²) in [4.78, 5) is 7.56. The van der Waals surface area contributed by atoms with Crippen molar-refractivity contribution in [3.05, 3.63) is 16.7 Å². The monoisotopic (exact) mass is 287 g/mol. The number of H-pyrrole nitrogens is 1. The second-order valence-corrected chi connectivity index (χ2v) is 5.45. The van der Waals surface area contributed by atoms with Crippen LogP contribution in [0.1, 0.15) is 58.0 Å². The van der Waals surface area contributed by atoms with Crippen molar-refractivity contribution in [2.24, 2.45) is 0 Å². The number of aromatic nitrogens is 2. The second-order valence-electron chi connectivity index (χ2n) is 5.09. The molecule has 110 valence electrons. The summed E-state index contributed by atoms with van der Waals surface area (Å²) in [5, 5.41) is 14.0. The van der Waals surface area contributed by atoms with E-state index in [1.54, 1.807) is 0 Å². The molecule has 0 atom stereocenters. The van der Waals surface area contributed by atoms with E-state index in [9.17, 15) is 5.11 Å². The van der Waals surface area contributed by atoms with Gasteiger partial charge in [0.25, 0.3) is 0 Å². The van der Waals surface area contributed by atoms with Crippen molar-refractivity contribution in [3.63, 3.8) is 0 Å². The largest absolute Gasteiger partial charge is 0.389 e. The third kappa shape index (κ3) is 5.13. The van der Waals surface area contributed by atoms with Crippen LogP contribution in [0.5, 0.6) is 0 Å². The number of hydrogen-bond donors (Lipinski definition) is 3. The molecule has 0 spiro atoms. The Morgan fingerprint density at radius 2 is 2.00 bits per heavy atom. The van der Waals surface area contributed by atoms with E-state index >= 15 is 0 Å². The molecule has 1 heterocycles. The van der Waals surface area contributed by atoms with Crippen LogP contribution in [-0.2, 0) is 13.0 Å². The Labute approximate surface area is 121 Å². The highest BCUT2D eigenvalue weighted by Gasteiger charge is 2.21. The van der Waals surface area contributed by atoms with Gasteiger partial charge in [-0.3, -0.25) is 0 Å². The Morgan fingerprint density at radius 1 is 1.32 bits per heavy atom. The first-order chi connectivity index (χ1) is 9.04. The van der Waals surface area contributed by atoms with Gasteiger partial charge >= 0.3 is 0 Å². The molecule has 1 aromatic rings. The molecule has 0 unspecified atom stereocenters. The minimum atomic E-state index is -0.627. The molecule has 1 rings (SSSR count). The van der Waals surface area contributed by atoms with Crippen molar-refractivity contribution in [1.82, 2.24) is 15.3 Å². The van der Waals surface area contributed by atoms with Crippen molar-refractivity contribution in [3.8, 4) is 0 Å². The molecule has 4 nitrogen and oxygen atoms in total. The number of aryl methyl sites for hydroxylation is 1. The minimum Gasteiger partial charge on any atom is -0.389 e. The van der Waals surface area contributed by atoms with Crippen molar-refractivity contribution < 1.29 is 5.11 Å². The SMILES string of the molecule is CCCCc1nc(Cl)c(CNCC(O)(CC)CC)[nH]1. The Balaban J connectivity index is 2.47. The van der Waals surface area contributed by atoms with Gasteiger partial charge in [-0.1, -0.05) is 38.8 Å². The van der Waals surface area contributed by atoms with Gasteiger partial charge in [0.15, 0.2) is 5.15 Å². The van der Waals surface area contributed by atoms with Crippen LogP contribution in [0, 0.1) is 0 Å². The topological polar surface area (TPSA) is 60.9 Å². The normalized spacial score (nSPS) is 12.1. The first-order valence-electron chi connectivity index (χ1n) is 7.21. The number of nitrogens with zero attached hydrogens (tertiary/aromatic N) is 1. The number of aromatic amines is 1. The van der Waals surface area contributed by atoms with Gasteiger partial charge < -0.3 is 15.4 Å². The van der Waals surface area contributed by atoms with E-state index in [4.69, 9.17) is 11.6 Å². The average molecular weight is 288 g/mol. The molecule has 1 aromatic heterocycles. The minimum absolute atomic E-state index is 0.537. The second kappa shape index (κ2) is 7.88. The first kappa shape index (κ1) is 16.5. The standard InChI is InChI=1S/C14H26ClN3O/c1-4-7-8-12-17-11(13(15)18-12)9-16-10-14(19,5-2)6-3/h16,19H,4-10H2,1-3H3,(H,17,18). The van der Waals surface area contributed by atoms with E-state index in [1.807, 2.05) is 13.8 Å². The fraction of sp³-hybridized carbons (Fsp3) is 0.786. The summed E-state index contributed by atoms with van der Waals surface area (Å²) in [5.74, 6) is 0.949. The molecule has 0 aliphatic heterocycles. The van der Waals surface area contributed by atoms with Crippen molar-refractivity contribution in [2.45, 2.75) is 65.0 Å². The third-order valence-corrected chi connectivity index (χ3v) is 3.93. The van der Waals surface area contributed by atoms with Gasteiger partial charge in [-0.15, -0.1) is 0 Å². The Kier molecular flexibility index (Phi) is 6.83. The van der Waals surface area contributed by atoms with Gasteiger partial charge in [0.1, 0.15) is 5.82 Å². The summed E-state index contributed by atoms with van der Waals surface area (Å²) >= 11 is 6.10. The van der Waals surface area contributed by atoms with Crippen LogP contribution in [0.15, 0.2) is 0 Å². The lowest BCUT2D eigenvalue weighted by atomic mass is 9.98. The van der Waals surface area contributed by atoms with Gasteiger partial charge in [0.05, 0.1) is 11.3 Å². The van der Waals surface area contributed by atoms with Gasteiger partial charge in [-0.2, -0.15) is 0 Å². The fourth-order valence-corrected chi connectivity index (χ4v) is 2.16. The zero-order valence-electron chi connectivity index (χ0n) is 12.2. The molecule has 0 aliphatic carbocycles. The van der Waals surface area contributed by atoms with Crippen LogP contribution in [0.4, 0.5) is 0 Å². The third-order valence-electron chi connectivity index (χ3n) is 3.62. The van der Waals surface area contributed by atoms with Crippen LogP contribution in [0.2, 0.25) is 5.15 Å². The van der Waals surface area contributed by atoms with Crippen LogP contribution in [-0.4, -0.2) is 27.2 Å². The van der Waals surface area contributed by atoms with E-state index in [0.717, 1.165) is 43.6 Å². The highest BCUT2D eigenvalue weighted by Crippen LogP contribution is 2.16. The molecular formula is C14H26ClN3O. The Morgan fingerprint density at radius 3 is 2.58 bits per heavy atom. The highest BCUT2D eigenvalue weighted by molar-refractivity contribution is 6.30. The quantitative estimate of drug-likeness (QED) is 0.654. The van der Waals surface area contributed by atoms with Gasteiger partial charge in [0, 0.05) is 19.5 Å². The number of unbranched alkanes of at least 4 members (excludes halogenated alkanes) is 1. The molecule has 19 heavy (non-hydrogen) atoms. The highest BCUT2D eigenvalue weighted by atomic mass is 35.5. The molecule has 0 saturated carbocycles. The van der Waals surface area contributed by atoms with Crippen LogP contribution >= 0.6 is 11.6 Å².